The molecule has 110 valence electrons. The van der Waals surface area contributed by atoms with Crippen molar-refractivity contribution in [1.82, 2.24) is 4.98 Å². The predicted octanol–water partition coefficient (Wildman–Crippen LogP) is 3.96. The first kappa shape index (κ1) is 13.7. The molecule has 21 heavy (non-hydrogen) atoms. The zero-order valence-electron chi connectivity index (χ0n) is 11.1. The summed E-state index contributed by atoms with van der Waals surface area (Å²) in [5.74, 6) is 0.100. The Hall–Kier alpha value is -2.24. The Morgan fingerprint density at radius 2 is 1.81 bits per heavy atom. The van der Waals surface area contributed by atoms with Crippen LogP contribution in [0.2, 0.25) is 0 Å². The molecule has 1 aliphatic carbocycles. The largest absolute Gasteiger partial charge is 0.439 e. The number of hydrogen-bond donors (Lipinski definition) is 1. The van der Waals surface area contributed by atoms with Gasteiger partial charge in [0.1, 0.15) is 11.6 Å². The average molecular weight is 294 g/mol. The summed E-state index contributed by atoms with van der Waals surface area (Å²) in [6.07, 6.45) is -1.39. The second kappa shape index (κ2) is 4.95. The van der Waals surface area contributed by atoms with E-state index in [1.165, 1.54) is 11.1 Å². The molecule has 1 aromatic carbocycles. The Morgan fingerprint density at radius 1 is 1.05 bits per heavy atom. The van der Waals surface area contributed by atoms with Crippen LogP contribution in [0.5, 0.6) is 11.6 Å². The Bertz CT molecular complexity index is 683. The zero-order chi connectivity index (χ0) is 15.0. The fourth-order valence-electron chi connectivity index (χ4n) is 2.47. The Kier molecular flexibility index (Phi) is 3.23. The average Bonchev–Trinajstić information content (AvgIpc) is 2.84. The number of aromatic nitrogens is 1. The third-order valence-corrected chi connectivity index (χ3v) is 3.44. The quantitative estimate of drug-likeness (QED) is 0.912. The fourth-order valence-corrected chi connectivity index (χ4v) is 2.47. The van der Waals surface area contributed by atoms with Crippen molar-refractivity contribution in [3.05, 3.63) is 47.0 Å². The van der Waals surface area contributed by atoms with E-state index in [1.807, 2.05) is 12.1 Å². The lowest BCUT2D eigenvalue weighted by molar-refractivity contribution is -0.137. The van der Waals surface area contributed by atoms with E-state index in [9.17, 15) is 13.2 Å². The number of pyridine rings is 1. The van der Waals surface area contributed by atoms with Crippen LogP contribution in [0.4, 0.5) is 19.0 Å². The zero-order valence-corrected chi connectivity index (χ0v) is 11.1. The molecular weight excluding hydrogens is 281 g/mol. The van der Waals surface area contributed by atoms with Crippen molar-refractivity contribution in [2.45, 2.75) is 25.4 Å². The van der Waals surface area contributed by atoms with E-state index >= 15 is 0 Å². The maximum atomic E-state index is 12.7. The van der Waals surface area contributed by atoms with Gasteiger partial charge in [-0.25, -0.2) is 0 Å². The van der Waals surface area contributed by atoms with Gasteiger partial charge in [0.15, 0.2) is 0 Å². The topological polar surface area (TPSA) is 48.1 Å². The molecule has 0 unspecified atom stereocenters. The minimum Gasteiger partial charge on any atom is -0.439 e. The monoisotopic (exact) mass is 294 g/mol. The molecule has 6 heteroatoms. The van der Waals surface area contributed by atoms with Crippen LogP contribution in [0.1, 0.15) is 23.1 Å². The smallest absolute Gasteiger partial charge is 0.416 e. The van der Waals surface area contributed by atoms with Crippen LogP contribution >= 0.6 is 0 Å². The van der Waals surface area contributed by atoms with Crippen molar-refractivity contribution in [3.8, 4) is 11.6 Å². The highest BCUT2D eigenvalue weighted by atomic mass is 19.4. The van der Waals surface area contributed by atoms with Gasteiger partial charge >= 0.3 is 6.18 Å². The van der Waals surface area contributed by atoms with Gasteiger partial charge in [-0.05, 0) is 48.6 Å². The van der Waals surface area contributed by atoms with Crippen LogP contribution in [0.15, 0.2) is 30.3 Å². The van der Waals surface area contributed by atoms with Crippen molar-refractivity contribution in [1.29, 1.82) is 0 Å². The molecule has 1 heterocycles. The molecule has 0 aliphatic heterocycles. The number of rotatable bonds is 2. The molecule has 0 radical (unpaired) electrons. The highest BCUT2D eigenvalue weighted by Crippen LogP contribution is 2.34. The predicted molar refractivity (Wildman–Crippen MR) is 72.2 cm³/mol. The van der Waals surface area contributed by atoms with Gasteiger partial charge in [-0.2, -0.15) is 18.2 Å². The molecule has 2 aromatic rings. The number of ether oxygens (including phenoxy) is 1. The fraction of sp³-hybridized carbons (Fsp3) is 0.267. The molecule has 0 fully saturated rings. The first-order valence-electron chi connectivity index (χ1n) is 6.56. The minimum atomic E-state index is -4.48. The van der Waals surface area contributed by atoms with Crippen LogP contribution in [0.25, 0.3) is 0 Å². The number of nitrogen functional groups attached to an aromatic ring is 1. The SMILES string of the molecule is Nc1cc(C(F)(F)F)cc(Oc2ccc3c(c2)CCC3)n1. The van der Waals surface area contributed by atoms with Gasteiger partial charge < -0.3 is 10.5 Å². The number of benzene rings is 1. The number of hydrogen-bond acceptors (Lipinski definition) is 3. The minimum absolute atomic E-state index is 0.153. The Labute approximate surface area is 119 Å². The van der Waals surface area contributed by atoms with E-state index in [-0.39, 0.29) is 11.7 Å². The molecule has 0 saturated heterocycles. The molecule has 0 bridgehead atoms. The number of nitrogens with zero attached hydrogens (tertiary/aromatic N) is 1. The van der Waals surface area contributed by atoms with Crippen LogP contribution in [-0.4, -0.2) is 4.98 Å². The molecule has 3 nitrogen and oxygen atoms in total. The van der Waals surface area contributed by atoms with Gasteiger partial charge in [-0.3, -0.25) is 0 Å². The van der Waals surface area contributed by atoms with Gasteiger partial charge in [0.2, 0.25) is 5.88 Å². The summed E-state index contributed by atoms with van der Waals surface area (Å²) in [5.41, 5.74) is 6.98. The van der Waals surface area contributed by atoms with E-state index in [1.54, 1.807) is 6.07 Å². The number of nitrogens with two attached hydrogens (primary N) is 1. The van der Waals surface area contributed by atoms with E-state index in [0.717, 1.165) is 31.4 Å². The first-order valence-corrected chi connectivity index (χ1v) is 6.56. The standard InChI is InChI=1S/C15H13F3N2O/c16-15(17,18)11-7-13(19)20-14(8-11)21-12-5-4-9-2-1-3-10(9)6-12/h4-8H,1-3H2,(H2,19,20). The second-order valence-corrected chi connectivity index (χ2v) is 5.00. The van der Waals surface area contributed by atoms with Crippen molar-refractivity contribution in [2.75, 3.05) is 5.73 Å². The highest BCUT2D eigenvalue weighted by molar-refractivity contribution is 5.42. The lowest BCUT2D eigenvalue weighted by atomic mass is 10.1. The summed E-state index contributed by atoms with van der Waals surface area (Å²) >= 11 is 0. The molecule has 0 spiro atoms. The van der Waals surface area contributed by atoms with E-state index < -0.39 is 11.7 Å². The van der Waals surface area contributed by atoms with E-state index in [4.69, 9.17) is 10.5 Å². The van der Waals surface area contributed by atoms with Gasteiger partial charge in [0, 0.05) is 6.07 Å². The first-order chi connectivity index (χ1) is 9.91. The summed E-state index contributed by atoms with van der Waals surface area (Å²) in [4.78, 5) is 3.79. The van der Waals surface area contributed by atoms with Crippen LogP contribution in [-0.2, 0) is 19.0 Å². The number of halogens is 3. The van der Waals surface area contributed by atoms with Crippen molar-refractivity contribution >= 4 is 5.82 Å². The molecular formula is C15H13F3N2O. The summed E-state index contributed by atoms with van der Waals surface area (Å²) in [5, 5.41) is 0. The molecule has 0 amide bonds. The lowest BCUT2D eigenvalue weighted by Gasteiger charge is -2.11. The third-order valence-electron chi connectivity index (χ3n) is 3.44. The van der Waals surface area contributed by atoms with Gasteiger partial charge in [0.25, 0.3) is 0 Å². The summed E-state index contributed by atoms with van der Waals surface area (Å²) < 4.78 is 43.6. The van der Waals surface area contributed by atoms with Gasteiger partial charge in [0.05, 0.1) is 5.56 Å². The highest BCUT2D eigenvalue weighted by Gasteiger charge is 2.31. The van der Waals surface area contributed by atoms with Crippen LogP contribution < -0.4 is 10.5 Å². The summed E-state index contributed by atoms with van der Waals surface area (Å²) in [6, 6.07) is 7.16. The van der Waals surface area contributed by atoms with Crippen LogP contribution in [0, 0.1) is 0 Å². The van der Waals surface area contributed by atoms with Gasteiger partial charge in [-0.15, -0.1) is 0 Å². The molecule has 2 N–H and O–H groups in total. The van der Waals surface area contributed by atoms with Gasteiger partial charge in [-0.1, -0.05) is 6.07 Å². The number of anilines is 1. The molecule has 1 aromatic heterocycles. The normalized spacial score (nSPS) is 14.0. The van der Waals surface area contributed by atoms with E-state index in [2.05, 4.69) is 4.98 Å². The van der Waals surface area contributed by atoms with Crippen molar-refractivity contribution < 1.29 is 17.9 Å². The third kappa shape index (κ3) is 2.94. The molecule has 1 aliphatic rings. The Balaban J connectivity index is 1.89. The summed E-state index contributed by atoms with van der Waals surface area (Å²) in [6.45, 7) is 0. The summed E-state index contributed by atoms with van der Waals surface area (Å²) in [7, 11) is 0. The molecule has 3 rings (SSSR count). The van der Waals surface area contributed by atoms with Crippen molar-refractivity contribution in [2.24, 2.45) is 0 Å². The van der Waals surface area contributed by atoms with E-state index in [0.29, 0.717) is 5.75 Å². The molecule has 0 saturated carbocycles. The van der Waals surface area contributed by atoms with Crippen molar-refractivity contribution in [3.63, 3.8) is 0 Å². The number of fused-ring (bicyclic) bond motifs is 1. The lowest BCUT2D eigenvalue weighted by Crippen LogP contribution is -2.07. The Morgan fingerprint density at radius 3 is 2.57 bits per heavy atom. The number of aryl methyl sites for hydroxylation is 2. The maximum absolute atomic E-state index is 12.7. The molecule has 0 atom stereocenters. The number of alkyl halides is 3. The second-order valence-electron chi connectivity index (χ2n) is 5.00. The van der Waals surface area contributed by atoms with Crippen LogP contribution in [0.3, 0.4) is 0 Å². The maximum Gasteiger partial charge on any atom is 0.416 e.